The van der Waals surface area contributed by atoms with Crippen molar-refractivity contribution in [3.63, 3.8) is 0 Å². The lowest BCUT2D eigenvalue weighted by atomic mass is 9.47. The standard InChI is InChI=1S/C45H32O2/c1-25-21-35-37(23-39(25)46-3)43-32-18-10-8-16-30(32)42-28-14-6-5-13-27(28)41(35)29-15-7-9-17-31(29)44(45(41,42)43,34-20-12-11-19-33(34)43)38-24-40(47-4)26(2)22-36(38)42/h5-24H,1-4H3/t41-,42-,43+,44+,45?/m1/s1. The highest BCUT2D eigenvalue weighted by atomic mass is 16.5. The molecule has 2 nitrogen and oxygen atoms in total. The lowest BCUT2D eigenvalue weighted by Crippen LogP contribution is -2.57. The molecule has 0 aromatic heterocycles. The van der Waals surface area contributed by atoms with E-state index in [2.05, 4.69) is 135 Å². The number of rotatable bonds is 2. The molecule has 0 unspecified atom stereocenters. The summed E-state index contributed by atoms with van der Waals surface area (Å²) in [5.74, 6) is 1.93. The van der Waals surface area contributed by atoms with Crippen LogP contribution in [-0.2, 0) is 21.7 Å². The van der Waals surface area contributed by atoms with Crippen LogP contribution in [0.15, 0.2) is 121 Å². The van der Waals surface area contributed by atoms with Gasteiger partial charge in [-0.1, -0.05) is 109 Å². The third-order valence-corrected chi connectivity index (χ3v) is 13.9. The molecule has 6 aromatic carbocycles. The average molecular weight is 605 g/mol. The van der Waals surface area contributed by atoms with E-state index in [1.807, 2.05) is 14.2 Å². The Hall–Kier alpha value is -5.08. The van der Waals surface area contributed by atoms with Crippen LogP contribution in [0.25, 0.3) is 0 Å². The number of hydrogen-bond donors (Lipinski definition) is 0. The van der Waals surface area contributed by atoms with Gasteiger partial charge in [-0.25, -0.2) is 0 Å². The molecule has 1 spiro atoms. The maximum absolute atomic E-state index is 6.19. The predicted molar refractivity (Wildman–Crippen MR) is 183 cm³/mol. The van der Waals surface area contributed by atoms with Crippen molar-refractivity contribution in [2.45, 2.75) is 35.5 Å². The summed E-state index contributed by atoms with van der Waals surface area (Å²) in [7, 11) is 3.65. The van der Waals surface area contributed by atoms with Crippen molar-refractivity contribution in [2.24, 2.45) is 5.41 Å². The van der Waals surface area contributed by atoms with Crippen molar-refractivity contribution in [1.82, 2.24) is 0 Å². The van der Waals surface area contributed by atoms with E-state index >= 15 is 0 Å². The summed E-state index contributed by atoms with van der Waals surface area (Å²) in [5.41, 5.74) is 17.6. The summed E-state index contributed by atoms with van der Waals surface area (Å²) in [4.78, 5) is 0. The SMILES string of the molecule is COc1cc2c(cc1C)[C@@]13c4ccccc4[C@@]45c6ccccc6[C@]26c2ccccc2[C@@](c2ccccc21)(c1cc(OC)c(C)cc14)C356. The van der Waals surface area contributed by atoms with Gasteiger partial charge in [-0.2, -0.15) is 0 Å². The molecule has 224 valence electrons. The molecule has 0 N–H and O–H groups in total. The van der Waals surface area contributed by atoms with Crippen LogP contribution in [0.4, 0.5) is 0 Å². The first-order valence-electron chi connectivity index (χ1n) is 16.8. The number of benzene rings is 6. The monoisotopic (exact) mass is 604 g/mol. The van der Waals surface area contributed by atoms with E-state index in [1.54, 1.807) is 0 Å². The summed E-state index contributed by atoms with van der Waals surface area (Å²) in [5, 5.41) is 0. The molecule has 6 aliphatic rings. The minimum atomic E-state index is -0.436. The van der Waals surface area contributed by atoms with Crippen molar-refractivity contribution >= 4 is 0 Å². The van der Waals surface area contributed by atoms with Gasteiger partial charge in [-0.05, 0) is 104 Å². The maximum Gasteiger partial charge on any atom is 0.122 e. The van der Waals surface area contributed by atoms with Gasteiger partial charge in [-0.15, -0.1) is 0 Å². The predicted octanol–water partition coefficient (Wildman–Crippen LogP) is 8.63. The number of aryl methyl sites for hydroxylation is 2. The molecule has 0 saturated heterocycles. The highest BCUT2D eigenvalue weighted by molar-refractivity contribution is 5.99. The van der Waals surface area contributed by atoms with E-state index in [1.165, 1.54) is 77.9 Å². The first kappa shape index (κ1) is 25.1. The van der Waals surface area contributed by atoms with Gasteiger partial charge in [0.2, 0.25) is 0 Å². The second kappa shape index (κ2) is 7.24. The van der Waals surface area contributed by atoms with Crippen LogP contribution >= 0.6 is 0 Å². The van der Waals surface area contributed by atoms with E-state index in [-0.39, 0.29) is 5.41 Å². The molecular formula is C45H32O2. The molecule has 2 heteroatoms. The van der Waals surface area contributed by atoms with Crippen LogP contribution in [-0.4, -0.2) is 14.2 Å². The third kappa shape index (κ3) is 1.85. The van der Waals surface area contributed by atoms with Crippen LogP contribution in [0.1, 0.15) is 77.9 Å². The Morgan fingerprint density at radius 2 is 0.574 bits per heavy atom. The van der Waals surface area contributed by atoms with Crippen molar-refractivity contribution in [1.29, 1.82) is 0 Å². The average Bonchev–Trinajstić information content (AvgIpc) is 3.81. The Kier molecular flexibility index (Phi) is 3.86. The molecule has 0 radical (unpaired) electrons. The summed E-state index contributed by atoms with van der Waals surface area (Å²) in [6, 6.07) is 47.9. The summed E-state index contributed by atoms with van der Waals surface area (Å²) < 4.78 is 12.4. The molecule has 12 rings (SSSR count). The quantitative estimate of drug-likeness (QED) is 0.197. The van der Waals surface area contributed by atoms with Crippen molar-refractivity contribution in [3.8, 4) is 11.5 Å². The normalized spacial score (nSPS) is 30.6. The lowest BCUT2D eigenvalue weighted by Gasteiger charge is -2.51. The van der Waals surface area contributed by atoms with Crippen molar-refractivity contribution in [2.75, 3.05) is 14.2 Å². The molecule has 0 saturated carbocycles. The highest BCUT2D eigenvalue weighted by Crippen LogP contribution is 2.99. The molecule has 6 aromatic rings. The minimum absolute atomic E-state index is 0.372. The topological polar surface area (TPSA) is 18.5 Å². The van der Waals surface area contributed by atoms with Gasteiger partial charge < -0.3 is 9.47 Å². The van der Waals surface area contributed by atoms with E-state index in [4.69, 9.17) is 9.47 Å². The summed E-state index contributed by atoms with van der Waals surface area (Å²) in [6.07, 6.45) is 0. The first-order chi connectivity index (χ1) is 23.0. The molecule has 0 heterocycles. The van der Waals surface area contributed by atoms with Gasteiger partial charge in [0.1, 0.15) is 11.5 Å². The van der Waals surface area contributed by atoms with Gasteiger partial charge in [0.25, 0.3) is 0 Å². The van der Waals surface area contributed by atoms with Crippen LogP contribution in [0.3, 0.4) is 0 Å². The van der Waals surface area contributed by atoms with Crippen molar-refractivity contribution in [3.05, 3.63) is 199 Å². The summed E-state index contributed by atoms with van der Waals surface area (Å²) in [6.45, 7) is 4.45. The molecule has 0 aliphatic heterocycles. The highest BCUT2D eigenvalue weighted by Gasteiger charge is 2.99. The second-order valence-corrected chi connectivity index (χ2v) is 14.7. The van der Waals surface area contributed by atoms with Gasteiger partial charge in [-0.3, -0.25) is 0 Å². The van der Waals surface area contributed by atoms with E-state index < -0.39 is 21.7 Å². The third-order valence-electron chi connectivity index (χ3n) is 13.9. The number of ether oxygens (including phenoxy) is 2. The van der Waals surface area contributed by atoms with E-state index in [0.717, 1.165) is 11.5 Å². The fraction of sp³-hybridized carbons (Fsp3) is 0.200. The smallest absolute Gasteiger partial charge is 0.122 e. The van der Waals surface area contributed by atoms with Gasteiger partial charge >= 0.3 is 0 Å². The van der Waals surface area contributed by atoms with Crippen LogP contribution < -0.4 is 9.47 Å². The maximum atomic E-state index is 6.19. The molecule has 47 heavy (non-hydrogen) atoms. The van der Waals surface area contributed by atoms with Crippen molar-refractivity contribution < 1.29 is 9.47 Å². The Morgan fingerprint density at radius 1 is 0.340 bits per heavy atom. The minimum Gasteiger partial charge on any atom is -0.496 e. The van der Waals surface area contributed by atoms with E-state index in [0.29, 0.717) is 0 Å². The Balaban J connectivity index is 1.51. The molecule has 0 fully saturated rings. The Bertz CT molecular complexity index is 2330. The molecule has 0 amide bonds. The van der Waals surface area contributed by atoms with Gasteiger partial charge in [0.15, 0.2) is 0 Å². The Labute approximate surface area is 274 Å². The van der Waals surface area contributed by atoms with Gasteiger partial charge in [0, 0.05) is 5.41 Å². The fourth-order valence-corrected chi connectivity index (χ4v) is 13.5. The van der Waals surface area contributed by atoms with Crippen LogP contribution in [0.2, 0.25) is 0 Å². The zero-order valence-electron chi connectivity index (χ0n) is 26.9. The zero-order chi connectivity index (χ0) is 31.3. The largest absolute Gasteiger partial charge is 0.496 e. The number of methoxy groups -OCH3 is 2. The van der Waals surface area contributed by atoms with Crippen LogP contribution in [0.5, 0.6) is 11.5 Å². The van der Waals surface area contributed by atoms with E-state index in [9.17, 15) is 0 Å². The number of hydrogen-bond acceptors (Lipinski definition) is 2. The van der Waals surface area contributed by atoms with Gasteiger partial charge in [0.05, 0.1) is 35.9 Å². The van der Waals surface area contributed by atoms with Crippen LogP contribution in [0, 0.1) is 19.3 Å². The molecule has 6 aliphatic carbocycles. The molecule has 0 bridgehead atoms. The molecule has 4 atom stereocenters. The zero-order valence-corrected chi connectivity index (χ0v) is 26.9. The fourth-order valence-electron chi connectivity index (χ4n) is 13.5. The molecular weight excluding hydrogens is 572 g/mol. The Morgan fingerprint density at radius 3 is 0.809 bits per heavy atom. The second-order valence-electron chi connectivity index (χ2n) is 14.7. The summed E-state index contributed by atoms with van der Waals surface area (Å²) >= 11 is 0. The first-order valence-corrected chi connectivity index (χ1v) is 16.8. The number of fused-ring (bicyclic) bond motifs is 6. The lowest BCUT2D eigenvalue weighted by molar-refractivity contribution is 0.108.